The number of hydrogen-bond acceptors (Lipinski definition) is 3. The molecular formula is C17H25N3O2. The normalized spacial score (nSPS) is 11.4. The monoisotopic (exact) mass is 303 g/mol. The van der Waals surface area contributed by atoms with Crippen molar-refractivity contribution < 1.29 is 9.59 Å². The van der Waals surface area contributed by atoms with E-state index in [0.717, 1.165) is 12.0 Å². The van der Waals surface area contributed by atoms with Crippen LogP contribution in [0.5, 0.6) is 0 Å². The molecule has 0 heterocycles. The van der Waals surface area contributed by atoms with Crippen molar-refractivity contribution in [1.82, 2.24) is 10.7 Å². The second-order valence-corrected chi connectivity index (χ2v) is 5.57. The summed E-state index contributed by atoms with van der Waals surface area (Å²) in [5, 5.41) is 6.48. The molecule has 0 aliphatic heterocycles. The fraction of sp³-hybridized carbons (Fsp3) is 0.471. The standard InChI is InChI=1S/C17H25N3O2/c1-5-6-7-14-8-10-15(11-9-14)13(4)19-20-17(22)16(21)18-12(2)3/h8-12H,5-7H2,1-4H3,(H,18,21)(H,20,22)/b19-13-. The summed E-state index contributed by atoms with van der Waals surface area (Å²) in [4.78, 5) is 23.0. The van der Waals surface area contributed by atoms with Gasteiger partial charge in [0, 0.05) is 6.04 Å². The Morgan fingerprint density at radius 1 is 1.14 bits per heavy atom. The summed E-state index contributed by atoms with van der Waals surface area (Å²) in [7, 11) is 0. The van der Waals surface area contributed by atoms with Crippen LogP contribution in [-0.4, -0.2) is 23.6 Å². The highest BCUT2D eigenvalue weighted by atomic mass is 16.2. The summed E-state index contributed by atoms with van der Waals surface area (Å²) in [5.74, 6) is -1.44. The van der Waals surface area contributed by atoms with Gasteiger partial charge in [0.15, 0.2) is 0 Å². The van der Waals surface area contributed by atoms with Gasteiger partial charge in [-0.3, -0.25) is 9.59 Å². The quantitative estimate of drug-likeness (QED) is 0.481. The number of hydrogen-bond donors (Lipinski definition) is 2. The lowest BCUT2D eigenvalue weighted by Gasteiger charge is -2.07. The zero-order valence-electron chi connectivity index (χ0n) is 13.8. The number of amides is 2. The van der Waals surface area contributed by atoms with Crippen molar-refractivity contribution in [3.05, 3.63) is 35.4 Å². The van der Waals surface area contributed by atoms with Crippen molar-refractivity contribution in [1.29, 1.82) is 0 Å². The van der Waals surface area contributed by atoms with Crippen LogP contribution in [0.1, 0.15) is 51.7 Å². The van der Waals surface area contributed by atoms with Gasteiger partial charge in [-0.2, -0.15) is 5.10 Å². The Bertz CT molecular complexity index is 533. The molecule has 0 unspecified atom stereocenters. The third kappa shape index (κ3) is 6.08. The third-order valence-electron chi connectivity index (χ3n) is 3.14. The molecule has 0 fully saturated rings. The summed E-state index contributed by atoms with van der Waals surface area (Å²) < 4.78 is 0. The molecule has 0 bridgehead atoms. The van der Waals surface area contributed by atoms with Crippen molar-refractivity contribution in [2.45, 2.75) is 53.0 Å². The molecule has 0 spiro atoms. The molecule has 1 aromatic rings. The van der Waals surface area contributed by atoms with E-state index in [4.69, 9.17) is 0 Å². The number of carbonyl (C=O) groups is 2. The molecule has 5 nitrogen and oxygen atoms in total. The van der Waals surface area contributed by atoms with Gasteiger partial charge in [-0.15, -0.1) is 0 Å². The fourth-order valence-electron chi connectivity index (χ4n) is 1.87. The molecule has 2 N–H and O–H groups in total. The summed E-state index contributed by atoms with van der Waals surface area (Å²) in [5.41, 5.74) is 5.14. The minimum Gasteiger partial charge on any atom is -0.346 e. The fourth-order valence-corrected chi connectivity index (χ4v) is 1.87. The molecule has 0 atom stereocenters. The number of aryl methyl sites for hydroxylation is 1. The van der Waals surface area contributed by atoms with Gasteiger partial charge >= 0.3 is 11.8 Å². The molecule has 0 aliphatic rings. The molecule has 0 saturated carbocycles. The van der Waals surface area contributed by atoms with Crippen molar-refractivity contribution in [3.63, 3.8) is 0 Å². The van der Waals surface area contributed by atoms with Crippen molar-refractivity contribution in [2.24, 2.45) is 5.10 Å². The van der Waals surface area contributed by atoms with Crippen LogP contribution in [0.3, 0.4) is 0 Å². The minimum absolute atomic E-state index is 0.0843. The molecule has 120 valence electrons. The van der Waals surface area contributed by atoms with Crippen LogP contribution in [-0.2, 0) is 16.0 Å². The number of hydrazone groups is 1. The molecular weight excluding hydrogens is 278 g/mol. The van der Waals surface area contributed by atoms with Gasteiger partial charge in [-0.1, -0.05) is 37.6 Å². The molecule has 0 saturated heterocycles. The first-order chi connectivity index (χ1) is 10.4. The van der Waals surface area contributed by atoms with E-state index in [1.54, 1.807) is 20.8 Å². The number of nitrogens with one attached hydrogen (secondary N) is 2. The highest BCUT2D eigenvalue weighted by Gasteiger charge is 2.13. The van der Waals surface area contributed by atoms with Crippen LogP contribution in [0, 0.1) is 0 Å². The number of carbonyl (C=O) groups excluding carboxylic acids is 2. The number of unbranched alkanes of at least 4 members (excludes halogenated alkanes) is 1. The van der Waals surface area contributed by atoms with Crippen LogP contribution >= 0.6 is 0 Å². The molecule has 0 aliphatic carbocycles. The average molecular weight is 303 g/mol. The zero-order valence-corrected chi connectivity index (χ0v) is 13.8. The Labute approximate surface area is 132 Å². The van der Waals surface area contributed by atoms with Gasteiger partial charge in [0.25, 0.3) is 0 Å². The van der Waals surface area contributed by atoms with Crippen LogP contribution in [0.25, 0.3) is 0 Å². The van der Waals surface area contributed by atoms with E-state index in [-0.39, 0.29) is 6.04 Å². The molecule has 5 heteroatoms. The Morgan fingerprint density at radius 3 is 2.32 bits per heavy atom. The maximum Gasteiger partial charge on any atom is 0.329 e. The van der Waals surface area contributed by atoms with Crippen molar-refractivity contribution in [3.8, 4) is 0 Å². The van der Waals surface area contributed by atoms with E-state index in [0.29, 0.717) is 5.71 Å². The second kappa shape index (κ2) is 8.97. The SMILES string of the molecule is CCCCc1ccc(/C(C)=N\NC(=O)C(=O)NC(C)C)cc1. The lowest BCUT2D eigenvalue weighted by Crippen LogP contribution is -2.41. The Hall–Kier alpha value is -2.17. The van der Waals surface area contributed by atoms with Gasteiger partial charge in [0.1, 0.15) is 0 Å². The maximum atomic E-state index is 11.6. The predicted molar refractivity (Wildman–Crippen MR) is 88.7 cm³/mol. The summed E-state index contributed by atoms with van der Waals surface area (Å²) >= 11 is 0. The second-order valence-electron chi connectivity index (χ2n) is 5.57. The van der Waals surface area contributed by atoms with E-state index >= 15 is 0 Å². The molecule has 0 aromatic heterocycles. The van der Waals surface area contributed by atoms with Crippen LogP contribution < -0.4 is 10.7 Å². The van der Waals surface area contributed by atoms with Crippen LogP contribution in [0.15, 0.2) is 29.4 Å². The Balaban J connectivity index is 2.61. The van der Waals surface area contributed by atoms with E-state index in [9.17, 15) is 9.59 Å². The summed E-state index contributed by atoms with van der Waals surface area (Å²) in [6.45, 7) is 7.55. The van der Waals surface area contributed by atoms with Gasteiger partial charge in [0.2, 0.25) is 0 Å². The lowest BCUT2D eigenvalue weighted by atomic mass is 10.0. The molecule has 22 heavy (non-hydrogen) atoms. The average Bonchev–Trinajstić information content (AvgIpc) is 2.50. The highest BCUT2D eigenvalue weighted by molar-refractivity contribution is 6.35. The largest absolute Gasteiger partial charge is 0.346 e. The zero-order chi connectivity index (χ0) is 16.5. The first-order valence-electron chi connectivity index (χ1n) is 7.68. The summed E-state index contributed by atoms with van der Waals surface area (Å²) in [6, 6.07) is 8.00. The highest BCUT2D eigenvalue weighted by Crippen LogP contribution is 2.08. The van der Waals surface area contributed by atoms with Crippen molar-refractivity contribution >= 4 is 17.5 Å². The first kappa shape index (κ1) is 17.9. The minimum atomic E-state index is -0.757. The van der Waals surface area contributed by atoms with Crippen LogP contribution in [0.4, 0.5) is 0 Å². The maximum absolute atomic E-state index is 11.6. The van der Waals surface area contributed by atoms with Gasteiger partial charge < -0.3 is 5.32 Å². The third-order valence-corrected chi connectivity index (χ3v) is 3.14. The first-order valence-corrected chi connectivity index (χ1v) is 7.68. The van der Waals surface area contributed by atoms with E-state index in [1.165, 1.54) is 18.4 Å². The predicted octanol–water partition coefficient (Wildman–Crippen LogP) is 2.39. The van der Waals surface area contributed by atoms with E-state index < -0.39 is 11.8 Å². The van der Waals surface area contributed by atoms with E-state index in [1.807, 2.05) is 12.1 Å². The Kier molecular flexibility index (Phi) is 7.29. The van der Waals surface area contributed by atoms with Crippen LogP contribution in [0.2, 0.25) is 0 Å². The van der Waals surface area contributed by atoms with Gasteiger partial charge in [0.05, 0.1) is 5.71 Å². The molecule has 1 aromatic carbocycles. The summed E-state index contributed by atoms with van der Waals surface area (Å²) in [6.07, 6.45) is 3.42. The van der Waals surface area contributed by atoms with Gasteiger partial charge in [-0.05, 0) is 44.7 Å². The number of benzene rings is 1. The molecule has 0 radical (unpaired) electrons. The molecule has 1 rings (SSSR count). The molecule has 2 amide bonds. The number of rotatable bonds is 6. The van der Waals surface area contributed by atoms with Crippen molar-refractivity contribution in [2.75, 3.05) is 0 Å². The lowest BCUT2D eigenvalue weighted by molar-refractivity contribution is -0.139. The van der Waals surface area contributed by atoms with E-state index in [2.05, 4.69) is 34.9 Å². The van der Waals surface area contributed by atoms with Gasteiger partial charge in [-0.25, -0.2) is 5.43 Å². The number of nitrogens with zero attached hydrogens (tertiary/aromatic N) is 1. The Morgan fingerprint density at radius 2 is 1.77 bits per heavy atom. The smallest absolute Gasteiger partial charge is 0.329 e. The topological polar surface area (TPSA) is 70.6 Å².